The summed E-state index contributed by atoms with van der Waals surface area (Å²) in [5.74, 6) is -0.503. The largest absolute Gasteiger partial charge is 0.369 e. The molecule has 0 saturated carbocycles. The fraction of sp³-hybridized carbons (Fsp3) is 0.800. The lowest BCUT2D eigenvalue weighted by Crippen LogP contribution is -2.35. The minimum atomic E-state index is -0.325. The Bertz CT molecular complexity index is 217. The van der Waals surface area contributed by atoms with Crippen molar-refractivity contribution >= 4 is 11.8 Å². The minimum absolute atomic E-state index is 0.0178. The quantitative estimate of drug-likeness (QED) is 0.506. The fourth-order valence-corrected chi connectivity index (χ4v) is 1.02. The first-order valence-corrected chi connectivity index (χ1v) is 5.23. The monoisotopic (exact) mass is 215 g/mol. The molecule has 5 nitrogen and oxygen atoms in total. The molecule has 88 valence electrons. The van der Waals surface area contributed by atoms with Crippen LogP contribution < -0.4 is 16.4 Å². The summed E-state index contributed by atoms with van der Waals surface area (Å²) in [6.07, 6.45) is 0.420. The van der Waals surface area contributed by atoms with Gasteiger partial charge < -0.3 is 16.4 Å². The highest BCUT2D eigenvalue weighted by Crippen LogP contribution is 1.89. The number of rotatable bonds is 7. The van der Waals surface area contributed by atoms with E-state index in [0.717, 1.165) is 0 Å². The third-order valence-corrected chi connectivity index (χ3v) is 1.91. The average molecular weight is 215 g/mol. The van der Waals surface area contributed by atoms with Gasteiger partial charge in [-0.15, -0.1) is 0 Å². The maximum absolute atomic E-state index is 11.2. The zero-order valence-electron chi connectivity index (χ0n) is 9.67. The Kier molecular flexibility index (Phi) is 6.70. The van der Waals surface area contributed by atoms with Gasteiger partial charge in [-0.25, -0.2) is 0 Å². The Morgan fingerprint density at radius 3 is 2.33 bits per heavy atom. The molecule has 0 fully saturated rings. The average Bonchev–Trinajstić information content (AvgIpc) is 2.10. The van der Waals surface area contributed by atoms with Crippen LogP contribution in [0.4, 0.5) is 0 Å². The molecule has 0 radical (unpaired) electrons. The summed E-state index contributed by atoms with van der Waals surface area (Å²) in [6, 6.07) is 0.169. The summed E-state index contributed by atoms with van der Waals surface area (Å²) in [6.45, 7) is 6.67. The van der Waals surface area contributed by atoms with Crippen LogP contribution in [0.3, 0.4) is 0 Å². The standard InChI is InChI=1S/C10H21N3O2/c1-7(2)13-9(14)4-5-12-6-8(3)10(11)15/h7-8,12H,4-6H2,1-3H3,(H2,11,15)(H,13,14). The molecule has 0 aliphatic rings. The van der Waals surface area contributed by atoms with Gasteiger partial charge in [0, 0.05) is 31.5 Å². The summed E-state index contributed by atoms with van der Waals surface area (Å²) in [4.78, 5) is 21.9. The van der Waals surface area contributed by atoms with E-state index in [1.54, 1.807) is 6.92 Å². The summed E-state index contributed by atoms with van der Waals surface area (Å²) < 4.78 is 0. The van der Waals surface area contributed by atoms with Crippen molar-refractivity contribution in [1.29, 1.82) is 0 Å². The molecule has 0 rings (SSSR count). The maximum Gasteiger partial charge on any atom is 0.221 e. The normalized spacial score (nSPS) is 12.5. The highest BCUT2D eigenvalue weighted by molar-refractivity contribution is 5.77. The van der Waals surface area contributed by atoms with Crippen LogP contribution in [0.2, 0.25) is 0 Å². The molecule has 0 aliphatic heterocycles. The molecule has 15 heavy (non-hydrogen) atoms. The minimum Gasteiger partial charge on any atom is -0.369 e. The number of hydrogen-bond donors (Lipinski definition) is 3. The lowest BCUT2D eigenvalue weighted by atomic mass is 10.2. The van der Waals surface area contributed by atoms with Crippen LogP contribution in [0.1, 0.15) is 27.2 Å². The molecule has 1 unspecified atom stereocenters. The molecule has 0 heterocycles. The van der Waals surface area contributed by atoms with Crippen LogP contribution in [-0.2, 0) is 9.59 Å². The number of amides is 2. The van der Waals surface area contributed by atoms with Crippen molar-refractivity contribution in [3.05, 3.63) is 0 Å². The van der Waals surface area contributed by atoms with Crippen molar-refractivity contribution in [2.24, 2.45) is 11.7 Å². The Morgan fingerprint density at radius 1 is 1.27 bits per heavy atom. The predicted octanol–water partition coefficient (Wildman–Crippen LogP) is -0.388. The molecule has 0 aromatic carbocycles. The third-order valence-electron chi connectivity index (χ3n) is 1.91. The van der Waals surface area contributed by atoms with Gasteiger partial charge >= 0.3 is 0 Å². The van der Waals surface area contributed by atoms with Gasteiger partial charge in [-0.3, -0.25) is 9.59 Å². The number of carbonyl (C=O) groups excluding carboxylic acids is 2. The van der Waals surface area contributed by atoms with Crippen molar-refractivity contribution in [1.82, 2.24) is 10.6 Å². The predicted molar refractivity (Wildman–Crippen MR) is 59.1 cm³/mol. The maximum atomic E-state index is 11.2. The number of hydrogen-bond acceptors (Lipinski definition) is 3. The van der Waals surface area contributed by atoms with Gasteiger partial charge in [0.25, 0.3) is 0 Å². The second-order valence-corrected chi connectivity index (χ2v) is 3.98. The summed E-state index contributed by atoms with van der Waals surface area (Å²) in [7, 11) is 0. The van der Waals surface area contributed by atoms with Crippen molar-refractivity contribution in [3.8, 4) is 0 Å². The van der Waals surface area contributed by atoms with Crippen LogP contribution >= 0.6 is 0 Å². The molecule has 5 heteroatoms. The van der Waals surface area contributed by atoms with Gasteiger partial charge in [0.1, 0.15) is 0 Å². The molecule has 1 atom stereocenters. The molecular weight excluding hydrogens is 194 g/mol. The Balaban J connectivity index is 3.46. The SMILES string of the molecule is CC(C)NC(=O)CCNCC(C)C(N)=O. The molecule has 0 aliphatic carbocycles. The second kappa shape index (κ2) is 7.23. The van der Waals surface area contributed by atoms with E-state index in [9.17, 15) is 9.59 Å². The van der Waals surface area contributed by atoms with Crippen molar-refractivity contribution in [2.45, 2.75) is 33.2 Å². The highest BCUT2D eigenvalue weighted by atomic mass is 16.2. The first kappa shape index (κ1) is 13.9. The van der Waals surface area contributed by atoms with E-state index in [4.69, 9.17) is 5.73 Å². The molecule has 0 saturated heterocycles. The van der Waals surface area contributed by atoms with E-state index in [1.165, 1.54) is 0 Å². The second-order valence-electron chi connectivity index (χ2n) is 3.98. The van der Waals surface area contributed by atoms with Crippen LogP contribution in [0, 0.1) is 5.92 Å². The molecule has 4 N–H and O–H groups in total. The van der Waals surface area contributed by atoms with Crippen molar-refractivity contribution < 1.29 is 9.59 Å². The summed E-state index contributed by atoms with van der Waals surface area (Å²) >= 11 is 0. The van der Waals surface area contributed by atoms with Gasteiger partial charge in [0.15, 0.2) is 0 Å². The first-order chi connectivity index (χ1) is 6.93. The molecular formula is C10H21N3O2. The fourth-order valence-electron chi connectivity index (χ4n) is 1.02. The van der Waals surface area contributed by atoms with Crippen molar-refractivity contribution in [3.63, 3.8) is 0 Å². The number of carbonyl (C=O) groups is 2. The van der Waals surface area contributed by atoms with Crippen LogP contribution in [0.25, 0.3) is 0 Å². The molecule has 0 bridgehead atoms. The van der Waals surface area contributed by atoms with Gasteiger partial charge in [-0.2, -0.15) is 0 Å². The first-order valence-electron chi connectivity index (χ1n) is 5.23. The Morgan fingerprint density at radius 2 is 1.87 bits per heavy atom. The molecule has 0 aromatic rings. The highest BCUT2D eigenvalue weighted by Gasteiger charge is 2.08. The number of primary amides is 1. The van der Waals surface area contributed by atoms with E-state index < -0.39 is 0 Å². The smallest absolute Gasteiger partial charge is 0.221 e. The zero-order valence-corrected chi connectivity index (χ0v) is 9.67. The van der Waals surface area contributed by atoms with E-state index in [0.29, 0.717) is 19.5 Å². The van der Waals surface area contributed by atoms with Gasteiger partial charge in [-0.1, -0.05) is 6.92 Å². The molecule has 0 spiro atoms. The number of nitrogens with two attached hydrogens (primary N) is 1. The van der Waals surface area contributed by atoms with E-state index >= 15 is 0 Å². The summed E-state index contributed by atoms with van der Waals surface area (Å²) in [5, 5.41) is 5.79. The Hall–Kier alpha value is -1.10. The van der Waals surface area contributed by atoms with E-state index in [1.807, 2.05) is 13.8 Å². The number of nitrogens with one attached hydrogen (secondary N) is 2. The van der Waals surface area contributed by atoms with Gasteiger partial charge in [0.05, 0.1) is 0 Å². The lowest BCUT2D eigenvalue weighted by molar-refractivity contribution is -0.121. The van der Waals surface area contributed by atoms with E-state index in [2.05, 4.69) is 10.6 Å². The molecule has 0 aromatic heterocycles. The van der Waals surface area contributed by atoms with Gasteiger partial charge in [-0.05, 0) is 13.8 Å². The molecule has 2 amide bonds. The topological polar surface area (TPSA) is 84.2 Å². The van der Waals surface area contributed by atoms with Crippen LogP contribution in [0.5, 0.6) is 0 Å². The summed E-state index contributed by atoms with van der Waals surface area (Å²) in [5.41, 5.74) is 5.09. The van der Waals surface area contributed by atoms with Gasteiger partial charge in [0.2, 0.25) is 11.8 Å². The lowest BCUT2D eigenvalue weighted by Gasteiger charge is -2.10. The van der Waals surface area contributed by atoms with Crippen LogP contribution in [-0.4, -0.2) is 30.9 Å². The Labute approximate surface area is 90.8 Å². The van der Waals surface area contributed by atoms with Crippen LogP contribution in [0.15, 0.2) is 0 Å². The van der Waals surface area contributed by atoms with Crippen molar-refractivity contribution in [2.75, 3.05) is 13.1 Å². The third kappa shape index (κ3) is 7.93. The van der Waals surface area contributed by atoms with E-state index in [-0.39, 0.29) is 23.8 Å². The zero-order chi connectivity index (χ0) is 11.8.